The van der Waals surface area contributed by atoms with Crippen molar-refractivity contribution in [2.75, 3.05) is 44.7 Å². The molecule has 2 fully saturated rings. The Kier molecular flexibility index (Phi) is 7.91. The molecule has 4 heterocycles. The minimum absolute atomic E-state index is 0.0543. The predicted molar refractivity (Wildman–Crippen MR) is 164 cm³/mol. The maximum Gasteiger partial charge on any atom is 0.320 e. The average molecular weight is 580 g/mol. The molecule has 4 aromatic rings. The van der Waals surface area contributed by atoms with Crippen LogP contribution in [-0.2, 0) is 4.79 Å². The molecule has 2 aliphatic rings. The van der Waals surface area contributed by atoms with Crippen molar-refractivity contribution >= 4 is 33.5 Å². The summed E-state index contributed by atoms with van der Waals surface area (Å²) in [7, 11) is 2.09. The third-order valence-electron chi connectivity index (χ3n) is 8.59. The number of carbonyl (C=O) groups excluding carboxylic acids is 1. The van der Waals surface area contributed by atoms with Crippen LogP contribution in [0.5, 0.6) is 6.01 Å². The molecule has 9 nitrogen and oxygen atoms in total. The van der Waals surface area contributed by atoms with E-state index in [1.165, 1.54) is 4.90 Å². The van der Waals surface area contributed by atoms with Crippen molar-refractivity contribution in [1.82, 2.24) is 24.8 Å². The summed E-state index contributed by atoms with van der Waals surface area (Å²) in [5, 5.41) is 12.5. The number of aryl methyl sites for hydroxylation is 1. The fourth-order valence-electron chi connectivity index (χ4n) is 6.28. The van der Waals surface area contributed by atoms with Crippen molar-refractivity contribution in [3.8, 4) is 23.3 Å². The Balaban J connectivity index is 1.41. The second-order valence-corrected chi connectivity index (χ2v) is 11.3. The fraction of sp³-hybridized carbons (Fsp3) is 0.364. The number of likely N-dealkylation sites (N-methyl/N-ethyl adjacent to an activating group) is 1. The van der Waals surface area contributed by atoms with E-state index in [2.05, 4.69) is 61.9 Å². The van der Waals surface area contributed by atoms with Crippen molar-refractivity contribution in [2.45, 2.75) is 38.3 Å². The molecular formula is C33H34FN7O2. The highest BCUT2D eigenvalue weighted by Crippen LogP contribution is 2.34. The van der Waals surface area contributed by atoms with E-state index in [-0.39, 0.29) is 25.0 Å². The monoisotopic (exact) mass is 579 g/mol. The number of fused-ring (bicyclic) bond motifs is 2. The first-order valence-corrected chi connectivity index (χ1v) is 14.6. The third-order valence-corrected chi connectivity index (χ3v) is 8.59. The summed E-state index contributed by atoms with van der Waals surface area (Å²) in [6.45, 7) is 7.67. The first-order valence-electron chi connectivity index (χ1n) is 14.6. The molecule has 2 saturated heterocycles. The van der Waals surface area contributed by atoms with Crippen LogP contribution >= 0.6 is 0 Å². The van der Waals surface area contributed by atoms with Crippen LogP contribution in [0.3, 0.4) is 0 Å². The van der Waals surface area contributed by atoms with E-state index in [0.29, 0.717) is 31.2 Å². The number of likely N-dealkylation sites (tertiary alicyclic amines) is 1. The molecule has 0 unspecified atom stereocenters. The number of amides is 1. The standard InChI is InChI=1S/C33H34FN7O2/c1-21-7-4-8-23-9-5-11-26(29(21)23)28-13-12-27-30(36-28)37-33(43-20-25-10-6-16-39(25)3)38-31(27)40-17-18-41(32(42)22(2)34)24(19-40)14-15-35/h4-5,7-9,11-13,24-25H,2,6,10,14,16-20H2,1,3H3/t24-,25-/m0/s1. The lowest BCUT2D eigenvalue weighted by Gasteiger charge is -2.41. The van der Waals surface area contributed by atoms with Gasteiger partial charge in [-0.05, 0) is 61.8 Å². The number of benzene rings is 2. The number of nitrogens with zero attached hydrogens (tertiary/aromatic N) is 7. The van der Waals surface area contributed by atoms with Gasteiger partial charge in [0.1, 0.15) is 12.4 Å². The molecule has 220 valence electrons. The zero-order valence-electron chi connectivity index (χ0n) is 24.5. The van der Waals surface area contributed by atoms with Crippen LogP contribution in [0.4, 0.5) is 10.2 Å². The van der Waals surface area contributed by atoms with Gasteiger partial charge in [-0.2, -0.15) is 15.2 Å². The van der Waals surface area contributed by atoms with Gasteiger partial charge in [0.2, 0.25) is 0 Å². The highest BCUT2D eigenvalue weighted by molar-refractivity contribution is 5.99. The molecule has 0 N–H and O–H groups in total. The van der Waals surface area contributed by atoms with Crippen molar-refractivity contribution in [1.29, 1.82) is 5.26 Å². The van der Waals surface area contributed by atoms with Crippen LogP contribution in [0, 0.1) is 18.3 Å². The van der Waals surface area contributed by atoms with Crippen LogP contribution in [0.2, 0.25) is 0 Å². The van der Waals surface area contributed by atoms with Gasteiger partial charge in [-0.25, -0.2) is 9.37 Å². The Hall–Kier alpha value is -4.62. The van der Waals surface area contributed by atoms with Gasteiger partial charge in [-0.1, -0.05) is 43.0 Å². The van der Waals surface area contributed by atoms with Crippen molar-refractivity contribution in [2.24, 2.45) is 0 Å². The quantitative estimate of drug-likeness (QED) is 0.281. The summed E-state index contributed by atoms with van der Waals surface area (Å²) < 4.78 is 20.0. The van der Waals surface area contributed by atoms with Crippen molar-refractivity contribution < 1.29 is 13.9 Å². The summed E-state index contributed by atoms with van der Waals surface area (Å²) >= 11 is 0. The molecule has 6 rings (SSSR count). The summed E-state index contributed by atoms with van der Waals surface area (Å²) in [5.41, 5.74) is 3.46. The summed E-state index contributed by atoms with van der Waals surface area (Å²) in [5.74, 6) is -1.20. The Bertz CT molecular complexity index is 1750. The number of anilines is 1. The molecular weight excluding hydrogens is 545 g/mol. The molecule has 2 aliphatic heterocycles. The minimum atomic E-state index is -1.03. The maximum absolute atomic E-state index is 13.8. The van der Waals surface area contributed by atoms with Crippen LogP contribution in [0.15, 0.2) is 60.9 Å². The number of piperazine rings is 1. The minimum Gasteiger partial charge on any atom is -0.462 e. The molecule has 2 atom stereocenters. The highest BCUT2D eigenvalue weighted by Gasteiger charge is 2.33. The first kappa shape index (κ1) is 28.5. The summed E-state index contributed by atoms with van der Waals surface area (Å²) in [4.78, 5) is 32.8. The van der Waals surface area contributed by atoms with E-state index in [9.17, 15) is 14.4 Å². The van der Waals surface area contributed by atoms with E-state index in [1.807, 2.05) is 23.1 Å². The summed E-state index contributed by atoms with van der Waals surface area (Å²) in [6.07, 6.45) is 2.22. The molecule has 43 heavy (non-hydrogen) atoms. The molecule has 2 aromatic carbocycles. The van der Waals surface area contributed by atoms with E-state index < -0.39 is 17.8 Å². The van der Waals surface area contributed by atoms with E-state index >= 15 is 0 Å². The lowest BCUT2D eigenvalue weighted by molar-refractivity contribution is -0.131. The van der Waals surface area contributed by atoms with Gasteiger partial charge >= 0.3 is 6.01 Å². The van der Waals surface area contributed by atoms with Gasteiger partial charge < -0.3 is 19.4 Å². The molecule has 0 aliphatic carbocycles. The van der Waals surface area contributed by atoms with Gasteiger partial charge in [0.15, 0.2) is 11.5 Å². The molecule has 1 amide bonds. The Morgan fingerprint density at radius 3 is 2.65 bits per heavy atom. The zero-order chi connectivity index (χ0) is 30.1. The van der Waals surface area contributed by atoms with Gasteiger partial charge in [-0.15, -0.1) is 0 Å². The number of aromatic nitrogens is 3. The largest absolute Gasteiger partial charge is 0.462 e. The van der Waals surface area contributed by atoms with Gasteiger partial charge in [-0.3, -0.25) is 4.79 Å². The number of rotatable bonds is 7. The van der Waals surface area contributed by atoms with Gasteiger partial charge in [0.25, 0.3) is 5.91 Å². The molecule has 0 spiro atoms. The SMILES string of the molecule is C=C(F)C(=O)N1CCN(c2nc(OC[C@@H]3CCCN3C)nc3nc(-c4cccc5cccc(C)c45)ccc23)C[C@@H]1CC#N. The Morgan fingerprint density at radius 2 is 1.91 bits per heavy atom. The van der Waals surface area contributed by atoms with Gasteiger partial charge in [0, 0.05) is 31.2 Å². The molecule has 0 saturated carbocycles. The van der Waals surface area contributed by atoms with Crippen LogP contribution < -0.4 is 9.64 Å². The molecule has 2 aromatic heterocycles. The highest BCUT2D eigenvalue weighted by atomic mass is 19.1. The second kappa shape index (κ2) is 11.9. The van der Waals surface area contributed by atoms with E-state index in [4.69, 9.17) is 19.7 Å². The lowest BCUT2D eigenvalue weighted by atomic mass is 9.97. The fourth-order valence-corrected chi connectivity index (χ4v) is 6.28. The summed E-state index contributed by atoms with van der Waals surface area (Å²) in [6, 6.07) is 18.5. The van der Waals surface area contributed by atoms with E-state index in [1.54, 1.807) is 0 Å². The molecule has 0 bridgehead atoms. The van der Waals surface area contributed by atoms with Crippen molar-refractivity contribution in [3.05, 3.63) is 66.5 Å². The van der Waals surface area contributed by atoms with Gasteiger partial charge in [0.05, 0.1) is 29.6 Å². The van der Waals surface area contributed by atoms with Crippen LogP contribution in [0.25, 0.3) is 33.1 Å². The maximum atomic E-state index is 13.8. The van der Waals surface area contributed by atoms with E-state index in [0.717, 1.165) is 52.4 Å². The smallest absolute Gasteiger partial charge is 0.320 e. The first-order chi connectivity index (χ1) is 20.8. The number of carbonyl (C=O) groups is 1. The number of halogens is 1. The van der Waals surface area contributed by atoms with Crippen LogP contribution in [0.1, 0.15) is 24.8 Å². The Labute approximate surface area is 250 Å². The average Bonchev–Trinajstić information content (AvgIpc) is 3.43. The topological polar surface area (TPSA) is 98.5 Å². The number of nitriles is 1. The predicted octanol–water partition coefficient (Wildman–Crippen LogP) is 5.04. The Morgan fingerprint density at radius 1 is 1.09 bits per heavy atom. The van der Waals surface area contributed by atoms with Crippen molar-refractivity contribution in [3.63, 3.8) is 0 Å². The molecule has 0 radical (unpaired) electrons. The zero-order valence-corrected chi connectivity index (χ0v) is 24.5. The lowest BCUT2D eigenvalue weighted by Crippen LogP contribution is -2.55. The molecule has 10 heteroatoms. The second-order valence-electron chi connectivity index (χ2n) is 11.3. The number of ether oxygens (including phenoxy) is 1. The number of hydrogen-bond acceptors (Lipinski definition) is 8. The van der Waals surface area contributed by atoms with Crippen LogP contribution in [-0.4, -0.2) is 82.6 Å². The normalized spacial score (nSPS) is 19.1. The third kappa shape index (κ3) is 5.60. The number of pyridine rings is 1. The number of hydrogen-bond donors (Lipinski definition) is 0.